The van der Waals surface area contributed by atoms with Crippen molar-refractivity contribution in [1.82, 2.24) is 15.3 Å². The van der Waals surface area contributed by atoms with Gasteiger partial charge in [0.05, 0.1) is 10.7 Å². The van der Waals surface area contributed by atoms with Crippen molar-refractivity contribution in [1.29, 1.82) is 0 Å². The van der Waals surface area contributed by atoms with Crippen molar-refractivity contribution in [3.63, 3.8) is 0 Å². The van der Waals surface area contributed by atoms with Gasteiger partial charge in [0.1, 0.15) is 0 Å². The quantitative estimate of drug-likeness (QED) is 0.694. The first-order valence-corrected chi connectivity index (χ1v) is 8.99. The summed E-state index contributed by atoms with van der Waals surface area (Å²) >= 11 is 6.13. The Kier molecular flexibility index (Phi) is 4.80. The van der Waals surface area contributed by atoms with E-state index in [1.54, 1.807) is 24.4 Å². The Balaban J connectivity index is 1.92. The molecule has 4 rings (SSSR count). The molecule has 1 aliphatic rings. The standard InChI is InChI=1S/C18H16ClF3N4O2/c1-10-9-23-6-7-26(10)17-25-14-15(27-17)11(13-4-2-3-5-24-13)8-12(19)16(14)28-18(20,21)22/h2-5,8,10,23H,6-7,9H2,1H3. The molecule has 1 aromatic carbocycles. The molecule has 1 aliphatic heterocycles. The summed E-state index contributed by atoms with van der Waals surface area (Å²) < 4.78 is 48.9. The summed E-state index contributed by atoms with van der Waals surface area (Å²) in [7, 11) is 0. The van der Waals surface area contributed by atoms with Crippen LogP contribution in [0.4, 0.5) is 19.2 Å². The van der Waals surface area contributed by atoms with Crippen LogP contribution in [-0.4, -0.2) is 42.0 Å². The number of hydrogen-bond acceptors (Lipinski definition) is 6. The number of fused-ring (bicyclic) bond motifs is 1. The van der Waals surface area contributed by atoms with Gasteiger partial charge in [0.15, 0.2) is 16.8 Å². The molecule has 28 heavy (non-hydrogen) atoms. The highest BCUT2D eigenvalue weighted by atomic mass is 35.5. The fourth-order valence-corrected chi connectivity index (χ4v) is 3.43. The highest BCUT2D eigenvalue weighted by molar-refractivity contribution is 6.33. The van der Waals surface area contributed by atoms with Crippen molar-refractivity contribution < 1.29 is 22.3 Å². The minimum Gasteiger partial charge on any atom is -0.423 e. The third-order valence-electron chi connectivity index (χ3n) is 4.47. The fraction of sp³-hybridized carbons (Fsp3) is 0.333. The largest absolute Gasteiger partial charge is 0.573 e. The van der Waals surface area contributed by atoms with Crippen LogP contribution in [0.15, 0.2) is 34.9 Å². The second-order valence-corrected chi connectivity index (χ2v) is 6.83. The number of nitrogens with one attached hydrogen (secondary N) is 1. The zero-order valence-corrected chi connectivity index (χ0v) is 15.5. The Morgan fingerprint density at radius 1 is 1.36 bits per heavy atom. The molecule has 148 valence electrons. The normalized spacial score (nSPS) is 17.9. The molecule has 0 amide bonds. The number of oxazole rings is 1. The lowest BCUT2D eigenvalue weighted by Crippen LogP contribution is -2.50. The van der Waals surface area contributed by atoms with Gasteiger partial charge in [0.2, 0.25) is 0 Å². The number of aromatic nitrogens is 2. The minimum atomic E-state index is -4.91. The predicted octanol–water partition coefficient (Wildman–Crippen LogP) is 4.24. The first kappa shape index (κ1) is 18.8. The van der Waals surface area contributed by atoms with E-state index in [9.17, 15) is 13.2 Å². The van der Waals surface area contributed by atoms with Crippen molar-refractivity contribution in [2.45, 2.75) is 19.3 Å². The second kappa shape index (κ2) is 7.14. The van der Waals surface area contributed by atoms with Crippen molar-refractivity contribution in [3.05, 3.63) is 35.5 Å². The Hall–Kier alpha value is -2.52. The Labute approximate surface area is 163 Å². The summed E-state index contributed by atoms with van der Waals surface area (Å²) in [6, 6.07) is 6.84. The van der Waals surface area contributed by atoms with Gasteiger partial charge in [0.25, 0.3) is 6.01 Å². The number of halogens is 4. The predicted molar refractivity (Wildman–Crippen MR) is 98.6 cm³/mol. The number of anilines is 1. The number of benzene rings is 1. The number of hydrogen-bond donors (Lipinski definition) is 1. The van der Waals surface area contributed by atoms with E-state index in [1.807, 2.05) is 11.8 Å². The van der Waals surface area contributed by atoms with Gasteiger partial charge in [-0.15, -0.1) is 13.2 Å². The van der Waals surface area contributed by atoms with Gasteiger partial charge in [-0.3, -0.25) is 4.98 Å². The zero-order chi connectivity index (χ0) is 19.9. The summed E-state index contributed by atoms with van der Waals surface area (Å²) in [5.74, 6) is -0.582. The van der Waals surface area contributed by atoms with Gasteiger partial charge in [-0.1, -0.05) is 17.7 Å². The van der Waals surface area contributed by atoms with E-state index in [4.69, 9.17) is 16.0 Å². The topological polar surface area (TPSA) is 63.4 Å². The molecule has 0 bridgehead atoms. The molecule has 6 nitrogen and oxygen atoms in total. The van der Waals surface area contributed by atoms with E-state index in [1.165, 1.54) is 6.07 Å². The molecular weight excluding hydrogens is 397 g/mol. The molecule has 1 unspecified atom stereocenters. The lowest BCUT2D eigenvalue weighted by Gasteiger charge is -2.32. The summed E-state index contributed by atoms with van der Waals surface area (Å²) in [4.78, 5) is 10.5. The van der Waals surface area contributed by atoms with Crippen molar-refractivity contribution >= 4 is 28.7 Å². The van der Waals surface area contributed by atoms with Gasteiger partial charge in [-0.2, -0.15) is 4.98 Å². The molecule has 1 atom stereocenters. The van der Waals surface area contributed by atoms with Crippen LogP contribution >= 0.6 is 11.6 Å². The molecule has 2 aromatic heterocycles. The van der Waals surface area contributed by atoms with E-state index >= 15 is 0 Å². The van der Waals surface area contributed by atoms with Gasteiger partial charge in [-0.25, -0.2) is 0 Å². The lowest BCUT2D eigenvalue weighted by atomic mass is 10.1. The summed E-state index contributed by atoms with van der Waals surface area (Å²) in [5.41, 5.74) is 0.995. The van der Waals surface area contributed by atoms with Gasteiger partial charge in [-0.05, 0) is 25.1 Å². The van der Waals surface area contributed by atoms with Crippen LogP contribution in [0.1, 0.15) is 6.92 Å². The Morgan fingerprint density at radius 2 is 2.18 bits per heavy atom. The van der Waals surface area contributed by atoms with Gasteiger partial charge < -0.3 is 19.4 Å². The van der Waals surface area contributed by atoms with Crippen LogP contribution in [0, 0.1) is 0 Å². The van der Waals surface area contributed by atoms with Crippen LogP contribution in [0.2, 0.25) is 5.02 Å². The molecule has 1 fully saturated rings. The maximum Gasteiger partial charge on any atom is 0.573 e. The maximum absolute atomic E-state index is 12.9. The molecule has 0 spiro atoms. The zero-order valence-electron chi connectivity index (χ0n) is 14.8. The summed E-state index contributed by atoms with van der Waals surface area (Å²) in [6.07, 6.45) is -3.34. The van der Waals surface area contributed by atoms with Crippen molar-refractivity contribution in [2.24, 2.45) is 0 Å². The summed E-state index contributed by atoms with van der Waals surface area (Å²) in [6.45, 7) is 4.00. The molecule has 1 N–H and O–H groups in total. The van der Waals surface area contributed by atoms with E-state index in [0.717, 1.165) is 0 Å². The molecule has 0 aliphatic carbocycles. The molecule has 0 saturated carbocycles. The van der Waals surface area contributed by atoms with Crippen LogP contribution in [0.5, 0.6) is 5.75 Å². The molecule has 3 heterocycles. The highest BCUT2D eigenvalue weighted by Gasteiger charge is 2.35. The van der Waals surface area contributed by atoms with Crippen LogP contribution in [0.3, 0.4) is 0 Å². The molecule has 3 aromatic rings. The van der Waals surface area contributed by atoms with Crippen LogP contribution in [-0.2, 0) is 0 Å². The number of pyridine rings is 1. The fourth-order valence-electron chi connectivity index (χ4n) is 3.19. The van der Waals surface area contributed by atoms with E-state index < -0.39 is 12.1 Å². The third-order valence-corrected chi connectivity index (χ3v) is 4.75. The average molecular weight is 413 g/mol. The lowest BCUT2D eigenvalue weighted by molar-refractivity contribution is -0.274. The van der Waals surface area contributed by atoms with E-state index in [-0.39, 0.29) is 28.2 Å². The number of alkyl halides is 3. The third kappa shape index (κ3) is 3.59. The minimum absolute atomic E-state index is 0.0579. The number of rotatable bonds is 3. The second-order valence-electron chi connectivity index (χ2n) is 6.42. The molecule has 10 heteroatoms. The van der Waals surface area contributed by atoms with E-state index in [0.29, 0.717) is 30.9 Å². The summed E-state index contributed by atoms with van der Waals surface area (Å²) in [5, 5.41) is 3.02. The van der Waals surface area contributed by atoms with Gasteiger partial charge >= 0.3 is 6.36 Å². The van der Waals surface area contributed by atoms with Gasteiger partial charge in [0, 0.05) is 37.4 Å². The van der Waals surface area contributed by atoms with E-state index in [2.05, 4.69) is 20.0 Å². The van der Waals surface area contributed by atoms with Crippen LogP contribution in [0.25, 0.3) is 22.4 Å². The first-order valence-electron chi connectivity index (χ1n) is 8.61. The van der Waals surface area contributed by atoms with Crippen LogP contribution < -0.4 is 15.0 Å². The maximum atomic E-state index is 12.9. The van der Waals surface area contributed by atoms with Crippen molar-refractivity contribution in [2.75, 3.05) is 24.5 Å². The number of ether oxygens (including phenoxy) is 1. The smallest absolute Gasteiger partial charge is 0.423 e. The highest BCUT2D eigenvalue weighted by Crippen LogP contribution is 2.43. The molecular formula is C18H16ClF3N4O2. The Bertz CT molecular complexity index is 994. The number of piperazine rings is 1. The monoisotopic (exact) mass is 412 g/mol. The SMILES string of the molecule is CC1CNCCN1c1nc2c(OC(F)(F)F)c(Cl)cc(-c3ccccn3)c2o1. The first-order chi connectivity index (χ1) is 13.3. The molecule has 0 radical (unpaired) electrons. The number of nitrogens with zero attached hydrogens (tertiary/aromatic N) is 3. The van der Waals surface area contributed by atoms with Crippen molar-refractivity contribution in [3.8, 4) is 17.0 Å². The average Bonchev–Trinajstić information content (AvgIpc) is 3.09. The Morgan fingerprint density at radius 3 is 2.86 bits per heavy atom. The molecule has 1 saturated heterocycles.